The predicted molar refractivity (Wildman–Crippen MR) is 207 cm³/mol. The number of ether oxygens (including phenoxy) is 1. The van der Waals surface area contributed by atoms with Gasteiger partial charge in [-0.3, -0.25) is 4.79 Å². The van der Waals surface area contributed by atoms with E-state index in [4.69, 9.17) is 4.74 Å². The third-order valence-corrected chi connectivity index (χ3v) is 14.3. The van der Waals surface area contributed by atoms with Crippen molar-refractivity contribution < 1.29 is 9.53 Å². The molecule has 4 rings (SSSR count). The Labute approximate surface area is 298 Å². The Balaban J connectivity index is 1.14. The number of allylic oxidation sites excluding steroid dienone is 5. The highest BCUT2D eigenvalue weighted by atomic mass is 16.5. The van der Waals surface area contributed by atoms with Gasteiger partial charge in [-0.15, -0.1) is 0 Å². The highest BCUT2D eigenvalue weighted by Crippen LogP contribution is 2.66. The smallest absolute Gasteiger partial charge is 0.306 e. The molecule has 4 aliphatic carbocycles. The van der Waals surface area contributed by atoms with Gasteiger partial charge in [0.2, 0.25) is 0 Å². The highest BCUT2D eigenvalue weighted by Gasteiger charge is 2.57. The molecule has 0 aromatic carbocycles. The summed E-state index contributed by atoms with van der Waals surface area (Å²) in [5, 5.41) is 0. The second-order valence-electron chi connectivity index (χ2n) is 18.0. The summed E-state index contributed by atoms with van der Waals surface area (Å²) in [4.78, 5) is 12.8. The van der Waals surface area contributed by atoms with E-state index < -0.39 is 0 Å². The van der Waals surface area contributed by atoms with Crippen molar-refractivity contribution in [3.63, 3.8) is 0 Å². The van der Waals surface area contributed by atoms with Crippen LogP contribution < -0.4 is 0 Å². The van der Waals surface area contributed by atoms with Crippen LogP contribution in [0.2, 0.25) is 0 Å². The van der Waals surface area contributed by atoms with Crippen molar-refractivity contribution in [2.45, 2.75) is 202 Å². The largest absolute Gasteiger partial charge is 0.462 e. The van der Waals surface area contributed by atoms with Gasteiger partial charge in [0.05, 0.1) is 0 Å². The van der Waals surface area contributed by atoms with Gasteiger partial charge in [0.1, 0.15) is 6.10 Å². The maximum Gasteiger partial charge on any atom is 0.306 e. The number of esters is 1. The minimum absolute atomic E-state index is 0.0438. The fraction of sp³-hybridized carbons (Fsp3) is 0.848. The first-order valence-corrected chi connectivity index (χ1v) is 21.4. The third kappa shape index (κ3) is 10.4. The van der Waals surface area contributed by atoms with Gasteiger partial charge >= 0.3 is 5.97 Å². The highest BCUT2D eigenvalue weighted by molar-refractivity contribution is 5.69. The maximum absolute atomic E-state index is 12.8. The van der Waals surface area contributed by atoms with Crippen LogP contribution in [-0.2, 0) is 9.53 Å². The number of hydrogen-bond donors (Lipinski definition) is 0. The molecule has 0 bridgehead atoms. The predicted octanol–water partition coefficient (Wildman–Crippen LogP) is 14.1. The molecule has 0 aromatic heterocycles. The monoisotopic (exact) mass is 663 g/mol. The van der Waals surface area contributed by atoms with E-state index >= 15 is 0 Å². The fourth-order valence-corrected chi connectivity index (χ4v) is 10.6. The normalized spacial score (nSPS) is 31.2. The van der Waals surface area contributed by atoms with E-state index in [0.29, 0.717) is 35.5 Å². The van der Waals surface area contributed by atoms with Crippen LogP contribution >= 0.6 is 0 Å². The van der Waals surface area contributed by atoms with E-state index in [2.05, 4.69) is 72.8 Å². The summed E-state index contributed by atoms with van der Waals surface area (Å²) in [5.41, 5.74) is 4.00. The molecule has 8 unspecified atom stereocenters. The topological polar surface area (TPSA) is 26.3 Å². The van der Waals surface area contributed by atoms with Crippen LogP contribution in [-0.4, -0.2) is 12.1 Å². The second-order valence-corrected chi connectivity index (χ2v) is 18.0. The van der Waals surface area contributed by atoms with E-state index in [-0.39, 0.29) is 17.5 Å². The summed E-state index contributed by atoms with van der Waals surface area (Å²) in [6.45, 7) is 17.0. The molecule has 3 saturated carbocycles. The van der Waals surface area contributed by atoms with Gasteiger partial charge in [-0.1, -0.05) is 174 Å². The van der Waals surface area contributed by atoms with Gasteiger partial charge in [0.15, 0.2) is 0 Å². The standard InChI is InChI=1S/C46H78O2/c1-8-9-10-11-12-13-14-15-16-17-18-19-20-21-22-23-44(47)48-39-30-32-45(6)38(34-39)26-27-40-42-29-28-41(46(42,7)33-31-43(40)45)37(5)25-24-36(4)35(2)3/h24-27,35-37,39,41-43H,8-23,28-34H2,1-7H3. The van der Waals surface area contributed by atoms with Crippen LogP contribution in [0.5, 0.6) is 0 Å². The molecule has 4 aliphatic rings. The van der Waals surface area contributed by atoms with Gasteiger partial charge in [-0.05, 0) is 91.3 Å². The molecule has 0 N–H and O–H groups in total. The average Bonchev–Trinajstić information content (AvgIpc) is 3.42. The summed E-state index contributed by atoms with van der Waals surface area (Å²) in [6, 6.07) is 0. The Kier molecular flexibility index (Phi) is 15.9. The molecular weight excluding hydrogens is 585 g/mol. The van der Waals surface area contributed by atoms with Gasteiger partial charge in [-0.2, -0.15) is 0 Å². The zero-order chi connectivity index (χ0) is 34.6. The van der Waals surface area contributed by atoms with Crippen LogP contribution in [0.1, 0.15) is 196 Å². The Hall–Kier alpha value is -1.31. The average molecular weight is 663 g/mol. The van der Waals surface area contributed by atoms with Crippen molar-refractivity contribution >= 4 is 5.97 Å². The molecule has 48 heavy (non-hydrogen) atoms. The molecule has 0 amide bonds. The molecule has 0 aliphatic heterocycles. The molecule has 274 valence electrons. The van der Waals surface area contributed by atoms with Gasteiger partial charge in [-0.25, -0.2) is 0 Å². The third-order valence-electron chi connectivity index (χ3n) is 14.3. The van der Waals surface area contributed by atoms with E-state index in [1.165, 1.54) is 116 Å². The molecule has 2 heteroatoms. The Morgan fingerprint density at radius 1 is 0.750 bits per heavy atom. The summed E-state index contributed by atoms with van der Waals surface area (Å²) in [5.74, 6) is 4.27. The van der Waals surface area contributed by atoms with Crippen molar-refractivity contribution in [2.75, 3.05) is 0 Å². The number of unbranched alkanes of at least 4 members (excludes halogenated alkanes) is 14. The maximum atomic E-state index is 12.8. The zero-order valence-corrected chi connectivity index (χ0v) is 32.9. The van der Waals surface area contributed by atoms with Crippen LogP contribution in [0.25, 0.3) is 0 Å². The molecule has 0 saturated heterocycles. The number of hydrogen-bond acceptors (Lipinski definition) is 2. The van der Waals surface area contributed by atoms with Gasteiger partial charge in [0, 0.05) is 12.8 Å². The molecule has 2 nitrogen and oxygen atoms in total. The molecule has 0 aromatic rings. The van der Waals surface area contributed by atoms with Crippen molar-refractivity contribution in [2.24, 2.45) is 46.3 Å². The number of carbonyl (C=O) groups is 1. The van der Waals surface area contributed by atoms with Crippen molar-refractivity contribution in [1.29, 1.82) is 0 Å². The minimum atomic E-state index is 0.0438. The first-order chi connectivity index (χ1) is 23.1. The lowest BCUT2D eigenvalue weighted by Gasteiger charge is -2.55. The molecule has 8 atom stereocenters. The molecule has 0 radical (unpaired) electrons. The number of fused-ring (bicyclic) bond motifs is 5. The summed E-state index contributed by atoms with van der Waals surface area (Å²) < 4.78 is 6.11. The second kappa shape index (κ2) is 19.3. The molecular formula is C46H78O2. The van der Waals surface area contributed by atoms with Gasteiger partial charge in [0.25, 0.3) is 0 Å². The SMILES string of the molecule is CCCCCCCCCCCCCCCCCC(=O)OC1CCC2(C)C(=CC=C3C2CCC2(C)C3CCC2C(C)C=CC(C)C(C)C)C1. The number of rotatable bonds is 21. The van der Waals surface area contributed by atoms with Crippen LogP contribution in [0.4, 0.5) is 0 Å². The molecule has 0 heterocycles. The number of carbonyl (C=O) groups excluding carboxylic acids is 1. The Morgan fingerprint density at radius 3 is 1.96 bits per heavy atom. The molecule has 3 fully saturated rings. The van der Waals surface area contributed by atoms with Gasteiger partial charge < -0.3 is 4.74 Å². The lowest BCUT2D eigenvalue weighted by atomic mass is 9.50. The first kappa shape index (κ1) is 39.5. The first-order valence-electron chi connectivity index (χ1n) is 21.4. The van der Waals surface area contributed by atoms with E-state index in [1.807, 2.05) is 0 Å². The lowest BCUT2D eigenvalue weighted by Crippen LogP contribution is -2.46. The van der Waals surface area contributed by atoms with Crippen LogP contribution in [0.15, 0.2) is 35.5 Å². The summed E-state index contributed by atoms with van der Waals surface area (Å²) in [7, 11) is 0. The van der Waals surface area contributed by atoms with E-state index in [0.717, 1.165) is 37.5 Å². The Bertz CT molecular complexity index is 1060. The van der Waals surface area contributed by atoms with Crippen molar-refractivity contribution in [1.82, 2.24) is 0 Å². The van der Waals surface area contributed by atoms with Crippen LogP contribution in [0.3, 0.4) is 0 Å². The van der Waals surface area contributed by atoms with E-state index in [9.17, 15) is 4.79 Å². The van der Waals surface area contributed by atoms with Crippen molar-refractivity contribution in [3.05, 3.63) is 35.5 Å². The summed E-state index contributed by atoms with van der Waals surface area (Å²) in [6.07, 6.45) is 39.6. The fourth-order valence-electron chi connectivity index (χ4n) is 10.6. The van der Waals surface area contributed by atoms with Crippen LogP contribution in [0, 0.1) is 46.3 Å². The Morgan fingerprint density at radius 2 is 1.35 bits per heavy atom. The van der Waals surface area contributed by atoms with E-state index in [1.54, 1.807) is 11.1 Å². The molecule has 0 spiro atoms. The lowest BCUT2D eigenvalue weighted by molar-refractivity contribution is -0.151. The van der Waals surface area contributed by atoms with Crippen molar-refractivity contribution in [3.8, 4) is 0 Å². The minimum Gasteiger partial charge on any atom is -0.462 e. The summed E-state index contributed by atoms with van der Waals surface area (Å²) >= 11 is 0. The zero-order valence-electron chi connectivity index (χ0n) is 32.9. The quantitative estimate of drug-likeness (QED) is 0.0694.